The Hall–Kier alpha value is -3.71. The van der Waals surface area contributed by atoms with Crippen LogP contribution in [0.15, 0.2) is 64.8 Å². The summed E-state index contributed by atoms with van der Waals surface area (Å²) < 4.78 is 5.56. The summed E-state index contributed by atoms with van der Waals surface area (Å²) in [6.07, 6.45) is 0. The van der Waals surface area contributed by atoms with Gasteiger partial charge >= 0.3 is 0 Å². The monoisotopic (exact) mass is 388 g/mol. The lowest BCUT2D eigenvalue weighted by atomic mass is 10.1. The normalized spacial score (nSPS) is 11.5. The molecule has 146 valence electrons. The molecule has 7 nitrogen and oxygen atoms in total. The predicted molar refractivity (Wildman–Crippen MR) is 113 cm³/mol. The molecular weight excluding hydrogens is 368 g/mol. The van der Waals surface area contributed by atoms with E-state index in [1.165, 1.54) is 6.07 Å². The van der Waals surface area contributed by atoms with Crippen LogP contribution in [0, 0.1) is 0 Å². The van der Waals surface area contributed by atoms with Crippen LogP contribution in [0.1, 0.15) is 12.5 Å². The number of fused-ring (bicyclic) bond motifs is 2. The Morgan fingerprint density at radius 3 is 2.45 bits per heavy atom. The van der Waals surface area contributed by atoms with E-state index in [-0.39, 0.29) is 12.4 Å². The zero-order chi connectivity index (χ0) is 20.4. The van der Waals surface area contributed by atoms with Crippen LogP contribution in [0.4, 0.5) is 17.1 Å². The summed E-state index contributed by atoms with van der Waals surface area (Å²) >= 11 is 0. The van der Waals surface area contributed by atoms with Crippen LogP contribution in [-0.2, 0) is 6.61 Å². The standard InChI is InChI=1S/C22H20N4O3/c1-2-29-16-5-7-19-18(11-16)22(23)17-6-3-15(10-20(17)24-19)26-25-14-4-8-21(28)13(9-14)12-27/h3-11,27-28H,2,12H2,1H3,(H2,23,24)/b26-25+. The number of nitrogens with zero attached hydrogens (tertiary/aromatic N) is 3. The van der Waals surface area contributed by atoms with Crippen LogP contribution in [-0.4, -0.2) is 21.8 Å². The topological polar surface area (TPSA) is 113 Å². The summed E-state index contributed by atoms with van der Waals surface area (Å²) in [5.74, 6) is 0.783. The molecule has 0 unspecified atom stereocenters. The lowest BCUT2D eigenvalue weighted by molar-refractivity contribution is 0.275. The maximum Gasteiger partial charge on any atom is 0.121 e. The van der Waals surface area contributed by atoms with E-state index in [0.717, 1.165) is 27.6 Å². The highest BCUT2D eigenvalue weighted by molar-refractivity contribution is 6.07. The summed E-state index contributed by atoms with van der Waals surface area (Å²) in [5, 5.41) is 29.0. The second kappa shape index (κ2) is 7.73. The number of aromatic hydroxyl groups is 1. The molecule has 0 saturated carbocycles. The maximum atomic E-state index is 9.64. The number of aromatic nitrogens is 1. The Bertz CT molecular complexity index is 1240. The minimum absolute atomic E-state index is 0.0243. The highest BCUT2D eigenvalue weighted by Gasteiger charge is 2.09. The number of aliphatic hydroxyl groups is 1. The number of azo groups is 1. The zero-order valence-corrected chi connectivity index (χ0v) is 15.8. The third-order valence-electron chi connectivity index (χ3n) is 4.60. The van der Waals surface area contributed by atoms with Gasteiger partial charge in [0, 0.05) is 16.3 Å². The Balaban J connectivity index is 1.72. The minimum atomic E-state index is -0.271. The highest BCUT2D eigenvalue weighted by atomic mass is 16.5. The molecule has 1 aromatic heterocycles. The maximum absolute atomic E-state index is 9.64. The van der Waals surface area contributed by atoms with E-state index in [1.54, 1.807) is 12.1 Å². The second-order valence-corrected chi connectivity index (χ2v) is 6.51. The second-order valence-electron chi connectivity index (χ2n) is 6.51. The number of hydrogen-bond donors (Lipinski definition) is 3. The quantitative estimate of drug-likeness (QED) is 0.329. The highest BCUT2D eigenvalue weighted by Crippen LogP contribution is 2.33. The Morgan fingerprint density at radius 1 is 0.931 bits per heavy atom. The van der Waals surface area contributed by atoms with Gasteiger partial charge in [0.25, 0.3) is 0 Å². The largest absolute Gasteiger partial charge is 0.508 e. The number of nitrogens with two attached hydrogens (primary N) is 1. The molecule has 0 bridgehead atoms. The fourth-order valence-corrected chi connectivity index (χ4v) is 3.14. The van der Waals surface area contributed by atoms with Gasteiger partial charge in [0.15, 0.2) is 0 Å². The van der Waals surface area contributed by atoms with E-state index >= 15 is 0 Å². The van der Waals surface area contributed by atoms with Crippen molar-refractivity contribution in [2.75, 3.05) is 12.3 Å². The fourth-order valence-electron chi connectivity index (χ4n) is 3.14. The van der Waals surface area contributed by atoms with Crippen LogP contribution in [0.5, 0.6) is 11.5 Å². The van der Waals surface area contributed by atoms with E-state index in [1.807, 2.05) is 43.3 Å². The molecule has 1 heterocycles. The number of rotatable bonds is 5. The van der Waals surface area contributed by atoms with E-state index in [9.17, 15) is 10.2 Å². The Labute approximate surface area is 167 Å². The van der Waals surface area contributed by atoms with Crippen LogP contribution >= 0.6 is 0 Å². The molecule has 29 heavy (non-hydrogen) atoms. The van der Waals surface area contributed by atoms with Crippen molar-refractivity contribution in [3.8, 4) is 11.5 Å². The molecule has 0 aliphatic rings. The van der Waals surface area contributed by atoms with Crippen molar-refractivity contribution < 1.29 is 14.9 Å². The number of anilines is 1. The first-order valence-electron chi connectivity index (χ1n) is 9.19. The molecule has 4 N–H and O–H groups in total. The van der Waals surface area contributed by atoms with E-state index in [4.69, 9.17) is 15.5 Å². The Kier molecular flexibility index (Phi) is 4.97. The van der Waals surface area contributed by atoms with Gasteiger partial charge in [-0.2, -0.15) is 10.2 Å². The summed E-state index contributed by atoms with van der Waals surface area (Å²) in [4.78, 5) is 4.69. The number of ether oxygens (including phenoxy) is 1. The van der Waals surface area contributed by atoms with Gasteiger partial charge in [0.05, 0.1) is 41.3 Å². The summed E-state index contributed by atoms with van der Waals surface area (Å²) in [6, 6.07) is 15.8. The number of hydrogen-bond acceptors (Lipinski definition) is 7. The molecule has 3 aromatic carbocycles. The average Bonchev–Trinajstić information content (AvgIpc) is 2.74. The first-order chi connectivity index (χ1) is 14.1. The van der Waals surface area contributed by atoms with Gasteiger partial charge in [-0.15, -0.1) is 0 Å². The van der Waals surface area contributed by atoms with Gasteiger partial charge in [0.1, 0.15) is 11.5 Å². The summed E-state index contributed by atoms with van der Waals surface area (Å²) in [6.45, 7) is 2.25. The first kappa shape index (κ1) is 18.6. The minimum Gasteiger partial charge on any atom is -0.508 e. The molecule has 0 aliphatic carbocycles. The van der Waals surface area contributed by atoms with Crippen molar-refractivity contribution in [2.24, 2.45) is 10.2 Å². The van der Waals surface area contributed by atoms with Crippen molar-refractivity contribution in [3.05, 3.63) is 60.2 Å². The van der Waals surface area contributed by atoms with Gasteiger partial charge in [-0.1, -0.05) is 0 Å². The summed E-state index contributed by atoms with van der Waals surface area (Å²) in [7, 11) is 0. The molecule has 0 radical (unpaired) electrons. The van der Waals surface area contributed by atoms with Crippen molar-refractivity contribution in [1.29, 1.82) is 0 Å². The van der Waals surface area contributed by atoms with Gasteiger partial charge in [-0.05, 0) is 61.5 Å². The summed E-state index contributed by atoms with van der Waals surface area (Å²) in [5.41, 5.74) is 10.1. The van der Waals surface area contributed by atoms with Gasteiger partial charge in [-0.3, -0.25) is 0 Å². The smallest absolute Gasteiger partial charge is 0.121 e. The lowest BCUT2D eigenvalue weighted by Gasteiger charge is -2.09. The molecule has 0 aliphatic heterocycles. The molecule has 0 atom stereocenters. The van der Waals surface area contributed by atoms with Crippen LogP contribution < -0.4 is 10.5 Å². The Morgan fingerprint density at radius 2 is 1.69 bits per heavy atom. The van der Waals surface area contributed by atoms with Crippen molar-refractivity contribution in [2.45, 2.75) is 13.5 Å². The van der Waals surface area contributed by atoms with Crippen LogP contribution in [0.25, 0.3) is 21.8 Å². The molecule has 0 spiro atoms. The molecule has 0 amide bonds. The van der Waals surface area contributed by atoms with E-state index in [2.05, 4.69) is 10.2 Å². The zero-order valence-electron chi connectivity index (χ0n) is 15.8. The third-order valence-corrected chi connectivity index (χ3v) is 4.60. The van der Waals surface area contributed by atoms with Gasteiger partial charge in [0.2, 0.25) is 0 Å². The predicted octanol–water partition coefficient (Wildman–Crippen LogP) is 4.98. The van der Waals surface area contributed by atoms with Gasteiger partial charge < -0.3 is 20.7 Å². The molecule has 0 saturated heterocycles. The van der Waals surface area contributed by atoms with E-state index in [0.29, 0.717) is 29.2 Å². The van der Waals surface area contributed by atoms with Gasteiger partial charge in [-0.25, -0.2) is 4.98 Å². The fraction of sp³-hybridized carbons (Fsp3) is 0.136. The molecule has 4 aromatic rings. The number of benzene rings is 3. The SMILES string of the molecule is CCOc1ccc2nc3cc(/N=N/c4ccc(O)c(CO)c4)ccc3c(N)c2c1. The number of aliphatic hydroxyl groups excluding tert-OH is 1. The first-order valence-corrected chi connectivity index (χ1v) is 9.19. The van der Waals surface area contributed by atoms with Crippen molar-refractivity contribution >= 4 is 38.9 Å². The van der Waals surface area contributed by atoms with E-state index < -0.39 is 0 Å². The lowest BCUT2D eigenvalue weighted by Crippen LogP contribution is -1.95. The number of phenols is 1. The van der Waals surface area contributed by atoms with Crippen LogP contribution in [0.3, 0.4) is 0 Å². The average molecular weight is 388 g/mol. The van der Waals surface area contributed by atoms with Crippen molar-refractivity contribution in [1.82, 2.24) is 4.98 Å². The van der Waals surface area contributed by atoms with Crippen LogP contribution in [0.2, 0.25) is 0 Å². The number of nitrogen functional groups attached to an aromatic ring is 1. The molecule has 7 heteroatoms. The third kappa shape index (κ3) is 3.68. The van der Waals surface area contributed by atoms with Crippen molar-refractivity contribution in [3.63, 3.8) is 0 Å². The molecular formula is C22H20N4O3. The molecule has 4 rings (SSSR count). The number of pyridine rings is 1. The molecule has 0 fully saturated rings.